The number of aliphatic hydroxyl groups excluding tert-OH is 1. The van der Waals surface area contributed by atoms with Crippen molar-refractivity contribution in [2.24, 2.45) is 0 Å². The van der Waals surface area contributed by atoms with Gasteiger partial charge >= 0.3 is 12.2 Å². The summed E-state index contributed by atoms with van der Waals surface area (Å²) in [5.74, 6) is 0. The van der Waals surface area contributed by atoms with Crippen LogP contribution in [0.4, 0.5) is 9.59 Å². The van der Waals surface area contributed by atoms with Crippen molar-refractivity contribution in [2.75, 3.05) is 6.61 Å². The lowest BCUT2D eigenvalue weighted by Gasteiger charge is -2.44. The molecule has 0 unspecified atom stereocenters. The topological polar surface area (TPSA) is 106 Å². The molecular formula is C36H46N2O6Si. The van der Waals surface area contributed by atoms with E-state index in [0.29, 0.717) is 6.42 Å². The van der Waals surface area contributed by atoms with E-state index in [0.717, 1.165) is 21.5 Å². The number of benzene rings is 3. The first kappa shape index (κ1) is 34.0. The van der Waals surface area contributed by atoms with E-state index in [1.54, 1.807) is 26.8 Å². The molecule has 0 aliphatic heterocycles. The van der Waals surface area contributed by atoms with Gasteiger partial charge in [-0.05, 0) is 53.7 Å². The highest BCUT2D eigenvalue weighted by molar-refractivity contribution is 6.99. The smallest absolute Gasteiger partial charge is 0.408 e. The van der Waals surface area contributed by atoms with Crippen molar-refractivity contribution >= 4 is 30.9 Å². The fourth-order valence-corrected chi connectivity index (χ4v) is 10.4. The van der Waals surface area contributed by atoms with Gasteiger partial charge in [-0.25, -0.2) is 9.59 Å². The number of aliphatic hydroxyl groups is 1. The molecule has 0 fully saturated rings. The summed E-state index contributed by atoms with van der Waals surface area (Å²) < 4.78 is 18.0. The molecule has 45 heavy (non-hydrogen) atoms. The number of amides is 2. The first-order chi connectivity index (χ1) is 21.3. The predicted molar refractivity (Wildman–Crippen MR) is 179 cm³/mol. The van der Waals surface area contributed by atoms with Crippen LogP contribution in [-0.4, -0.2) is 56.0 Å². The number of carbonyl (C=O) groups excluding carboxylic acids is 2. The molecule has 0 heterocycles. The number of nitrogens with one attached hydrogen (secondary N) is 2. The van der Waals surface area contributed by atoms with E-state index in [2.05, 4.69) is 55.7 Å². The molecule has 0 aromatic heterocycles. The molecule has 1 aliphatic carbocycles. The maximum Gasteiger partial charge on any atom is 0.408 e. The van der Waals surface area contributed by atoms with Crippen LogP contribution in [0.15, 0.2) is 103 Å². The molecule has 0 radical (unpaired) electrons. The highest BCUT2D eigenvalue weighted by atomic mass is 28.4. The first-order valence-electron chi connectivity index (χ1n) is 15.4. The van der Waals surface area contributed by atoms with Gasteiger partial charge in [0.05, 0.1) is 24.8 Å². The summed E-state index contributed by atoms with van der Waals surface area (Å²) in [6.45, 7) is 12.2. The largest absolute Gasteiger partial charge is 0.445 e. The fourth-order valence-electron chi connectivity index (χ4n) is 5.82. The third-order valence-electron chi connectivity index (χ3n) is 7.78. The van der Waals surface area contributed by atoms with Crippen LogP contribution in [-0.2, 0) is 20.5 Å². The van der Waals surface area contributed by atoms with Crippen LogP contribution in [0.5, 0.6) is 0 Å². The standard InChI is InChI=1S/C36H46N2O6Si/c1-35(2,3)44-34(41)38-32-30(37-33(40)42-24-26-16-10-7-11-17-26)22-27(23-31(32)39)25-43-45(36(4,5)6,28-18-12-8-13-19-28)29-20-14-9-15-21-29/h7-21,23,30-32,39H,22,24-25H2,1-6H3,(H,37,40)(H,38,41)/t30-,31-,32+/m0/s1. The van der Waals surface area contributed by atoms with E-state index in [-0.39, 0.29) is 18.3 Å². The molecule has 2 amide bonds. The minimum Gasteiger partial charge on any atom is -0.445 e. The molecule has 8 nitrogen and oxygen atoms in total. The van der Waals surface area contributed by atoms with Gasteiger partial charge in [-0.3, -0.25) is 0 Å². The van der Waals surface area contributed by atoms with Crippen LogP contribution in [0, 0.1) is 0 Å². The second-order valence-electron chi connectivity index (χ2n) is 13.5. The molecule has 0 bridgehead atoms. The van der Waals surface area contributed by atoms with Crippen LogP contribution >= 0.6 is 0 Å². The van der Waals surface area contributed by atoms with Gasteiger partial charge in [0.2, 0.25) is 0 Å². The number of hydrogen-bond acceptors (Lipinski definition) is 6. The summed E-state index contributed by atoms with van der Waals surface area (Å²) >= 11 is 0. The van der Waals surface area contributed by atoms with E-state index >= 15 is 0 Å². The van der Waals surface area contributed by atoms with Gasteiger partial charge in [-0.1, -0.05) is 118 Å². The molecular weight excluding hydrogens is 584 g/mol. The number of carbonyl (C=O) groups is 2. The second-order valence-corrected chi connectivity index (χ2v) is 17.8. The third-order valence-corrected chi connectivity index (χ3v) is 12.8. The van der Waals surface area contributed by atoms with E-state index in [1.165, 1.54) is 0 Å². The minimum absolute atomic E-state index is 0.0891. The van der Waals surface area contributed by atoms with E-state index in [9.17, 15) is 14.7 Å². The van der Waals surface area contributed by atoms with Crippen molar-refractivity contribution in [2.45, 2.75) is 83.4 Å². The van der Waals surface area contributed by atoms with Crippen molar-refractivity contribution < 1.29 is 28.6 Å². The van der Waals surface area contributed by atoms with Crippen molar-refractivity contribution in [1.82, 2.24) is 10.6 Å². The fraction of sp³-hybridized carbons (Fsp3) is 0.389. The average Bonchev–Trinajstić information content (AvgIpc) is 2.98. The molecule has 3 aromatic rings. The minimum atomic E-state index is -2.85. The number of rotatable bonds is 9. The third kappa shape index (κ3) is 8.84. The summed E-state index contributed by atoms with van der Waals surface area (Å²) in [5.41, 5.74) is 0.927. The maximum absolute atomic E-state index is 13.0. The van der Waals surface area contributed by atoms with Crippen molar-refractivity contribution in [3.8, 4) is 0 Å². The lowest BCUT2D eigenvalue weighted by atomic mass is 9.88. The molecule has 9 heteroatoms. The quantitative estimate of drug-likeness (QED) is 0.215. The van der Waals surface area contributed by atoms with E-state index < -0.39 is 44.3 Å². The SMILES string of the molecule is CC(C)(C)OC(=O)N[C@@H]1[C@@H](NC(=O)OCc2ccccc2)CC(CO[Si](c2ccccc2)(c2ccccc2)C(C)(C)C)=C[C@@H]1O. The normalized spacial score (nSPS) is 18.8. The van der Waals surface area contributed by atoms with Crippen LogP contribution < -0.4 is 21.0 Å². The van der Waals surface area contributed by atoms with Gasteiger partial charge in [0, 0.05) is 0 Å². The Balaban J connectivity index is 1.60. The van der Waals surface area contributed by atoms with E-state index in [1.807, 2.05) is 66.7 Å². The summed E-state index contributed by atoms with van der Waals surface area (Å²) in [6.07, 6.45) is -0.398. The van der Waals surface area contributed by atoms with Gasteiger partial charge in [-0.2, -0.15) is 0 Å². The Morgan fingerprint density at radius 3 is 1.82 bits per heavy atom. The van der Waals surface area contributed by atoms with Crippen LogP contribution in [0.1, 0.15) is 53.5 Å². The van der Waals surface area contributed by atoms with E-state index in [4.69, 9.17) is 13.9 Å². The Kier molecular flexibility index (Phi) is 10.9. The second kappa shape index (κ2) is 14.5. The molecule has 1 aliphatic rings. The maximum atomic E-state index is 13.0. The summed E-state index contributed by atoms with van der Waals surface area (Å²) in [4.78, 5) is 25.7. The van der Waals surface area contributed by atoms with Crippen LogP contribution in [0.3, 0.4) is 0 Å². The Morgan fingerprint density at radius 1 is 0.778 bits per heavy atom. The zero-order valence-corrected chi connectivity index (χ0v) is 28.1. The monoisotopic (exact) mass is 630 g/mol. The van der Waals surface area contributed by atoms with Crippen LogP contribution in [0.25, 0.3) is 0 Å². The zero-order valence-electron chi connectivity index (χ0n) is 27.1. The van der Waals surface area contributed by atoms with Crippen molar-refractivity contribution in [3.63, 3.8) is 0 Å². The molecule has 3 atom stereocenters. The van der Waals surface area contributed by atoms with Gasteiger partial charge in [0.1, 0.15) is 12.2 Å². The van der Waals surface area contributed by atoms with Crippen molar-refractivity contribution in [1.29, 1.82) is 0 Å². The predicted octanol–water partition coefficient (Wildman–Crippen LogP) is 5.44. The number of hydrogen-bond donors (Lipinski definition) is 3. The van der Waals surface area contributed by atoms with Crippen LogP contribution in [0.2, 0.25) is 5.04 Å². The van der Waals surface area contributed by atoms with Crippen molar-refractivity contribution in [3.05, 3.63) is 108 Å². The average molecular weight is 631 g/mol. The lowest BCUT2D eigenvalue weighted by Crippen LogP contribution is -2.67. The molecule has 240 valence electrons. The number of alkyl carbamates (subject to hydrolysis) is 2. The highest BCUT2D eigenvalue weighted by Crippen LogP contribution is 2.37. The van der Waals surface area contributed by atoms with Gasteiger partial charge in [-0.15, -0.1) is 0 Å². The summed E-state index contributed by atoms with van der Waals surface area (Å²) in [5, 5.41) is 19.0. The Hall–Kier alpha value is -3.92. The molecule has 4 rings (SSSR count). The highest BCUT2D eigenvalue weighted by Gasteiger charge is 2.50. The number of ether oxygens (including phenoxy) is 2. The zero-order chi connectivity index (χ0) is 32.7. The van der Waals surface area contributed by atoms with Gasteiger partial charge < -0.3 is 29.6 Å². The summed E-state index contributed by atoms with van der Waals surface area (Å²) in [7, 11) is -2.85. The first-order valence-corrected chi connectivity index (χ1v) is 17.3. The molecule has 0 spiro atoms. The van der Waals surface area contributed by atoms with Gasteiger partial charge in [0.25, 0.3) is 8.32 Å². The molecule has 3 N–H and O–H groups in total. The lowest BCUT2D eigenvalue weighted by molar-refractivity contribution is 0.0409. The molecule has 0 saturated carbocycles. The molecule has 3 aromatic carbocycles. The Morgan fingerprint density at radius 2 is 1.31 bits per heavy atom. The summed E-state index contributed by atoms with van der Waals surface area (Å²) in [6, 6.07) is 28.5. The Bertz CT molecular complexity index is 1400. The molecule has 0 saturated heterocycles. The van der Waals surface area contributed by atoms with Gasteiger partial charge in [0.15, 0.2) is 0 Å². The Labute approximate surface area is 267 Å².